The number of amides is 2. The maximum atomic E-state index is 12.2. The van der Waals surface area contributed by atoms with Crippen molar-refractivity contribution in [1.29, 1.82) is 0 Å². The third kappa shape index (κ3) is 5.70. The summed E-state index contributed by atoms with van der Waals surface area (Å²) in [7, 11) is 0. The summed E-state index contributed by atoms with van der Waals surface area (Å²) in [6, 6.07) is 13.0. The minimum absolute atomic E-state index is 0.0814. The fraction of sp³-hybridized carbons (Fsp3) is 0.278. The number of nitrogens with one attached hydrogen (secondary N) is 2. The molecule has 134 valence electrons. The predicted octanol–water partition coefficient (Wildman–Crippen LogP) is 5.17. The summed E-state index contributed by atoms with van der Waals surface area (Å²) in [5.74, 6) is 0.0814. The Labute approximate surface area is 153 Å². The van der Waals surface area contributed by atoms with Crippen molar-refractivity contribution >= 4 is 22.0 Å². The molecular weight excluding hydrogens is 394 g/mol. The second-order valence-electron chi connectivity index (χ2n) is 5.53. The number of hydrogen-bond acceptors (Lipinski definition) is 2. The zero-order valence-corrected chi connectivity index (χ0v) is 15.4. The number of rotatable bonds is 6. The van der Waals surface area contributed by atoms with Crippen molar-refractivity contribution < 1.29 is 18.3 Å². The molecule has 2 unspecified atom stereocenters. The molecular formula is C18H19BrF2N2O2. The van der Waals surface area contributed by atoms with Gasteiger partial charge in [0, 0.05) is 4.47 Å². The van der Waals surface area contributed by atoms with Gasteiger partial charge >= 0.3 is 12.6 Å². The molecule has 2 aromatic carbocycles. The van der Waals surface area contributed by atoms with Crippen LogP contribution >= 0.6 is 15.9 Å². The minimum Gasteiger partial charge on any atom is -0.435 e. The van der Waals surface area contributed by atoms with E-state index in [1.807, 2.05) is 38.1 Å². The molecule has 2 amide bonds. The molecule has 0 aliphatic rings. The van der Waals surface area contributed by atoms with Crippen molar-refractivity contribution in [1.82, 2.24) is 10.6 Å². The number of hydrogen-bond donors (Lipinski definition) is 2. The number of ether oxygens (including phenoxy) is 1. The summed E-state index contributed by atoms with van der Waals surface area (Å²) in [6.07, 6.45) is 0. The van der Waals surface area contributed by atoms with Gasteiger partial charge in [0.1, 0.15) is 5.75 Å². The number of halogens is 3. The topological polar surface area (TPSA) is 50.4 Å². The van der Waals surface area contributed by atoms with Crippen molar-refractivity contribution in [3.8, 4) is 5.75 Å². The van der Waals surface area contributed by atoms with E-state index in [1.54, 1.807) is 12.1 Å². The van der Waals surface area contributed by atoms with E-state index in [9.17, 15) is 13.6 Å². The van der Waals surface area contributed by atoms with Gasteiger partial charge in [-0.2, -0.15) is 8.78 Å². The van der Waals surface area contributed by atoms with Gasteiger partial charge in [0.2, 0.25) is 0 Å². The van der Waals surface area contributed by atoms with E-state index in [-0.39, 0.29) is 23.9 Å². The second-order valence-corrected chi connectivity index (χ2v) is 6.38. The van der Waals surface area contributed by atoms with Crippen molar-refractivity contribution in [3.63, 3.8) is 0 Å². The first-order valence-corrected chi connectivity index (χ1v) is 8.52. The average molecular weight is 413 g/mol. The molecule has 0 fully saturated rings. The summed E-state index contributed by atoms with van der Waals surface area (Å²) < 4.78 is 29.5. The van der Waals surface area contributed by atoms with E-state index in [0.717, 1.165) is 15.6 Å². The molecule has 25 heavy (non-hydrogen) atoms. The smallest absolute Gasteiger partial charge is 0.387 e. The fourth-order valence-electron chi connectivity index (χ4n) is 2.36. The first kappa shape index (κ1) is 19.2. The molecule has 2 atom stereocenters. The van der Waals surface area contributed by atoms with Crippen LogP contribution in [0, 0.1) is 0 Å². The molecule has 0 heterocycles. The highest BCUT2D eigenvalue weighted by Crippen LogP contribution is 2.23. The van der Waals surface area contributed by atoms with Gasteiger partial charge in [0.05, 0.1) is 12.1 Å². The highest BCUT2D eigenvalue weighted by Gasteiger charge is 2.14. The van der Waals surface area contributed by atoms with Gasteiger partial charge in [0.15, 0.2) is 0 Å². The van der Waals surface area contributed by atoms with Crippen LogP contribution in [0.1, 0.15) is 37.1 Å². The number of carbonyl (C=O) groups is 1. The lowest BCUT2D eigenvalue weighted by Gasteiger charge is -2.19. The molecule has 0 aliphatic carbocycles. The van der Waals surface area contributed by atoms with Gasteiger partial charge in [-0.3, -0.25) is 0 Å². The molecule has 0 bridgehead atoms. The summed E-state index contributed by atoms with van der Waals surface area (Å²) in [5.41, 5.74) is 1.75. The number of benzene rings is 2. The van der Waals surface area contributed by atoms with E-state index in [0.29, 0.717) is 0 Å². The maximum absolute atomic E-state index is 12.2. The van der Waals surface area contributed by atoms with E-state index in [1.165, 1.54) is 12.1 Å². The van der Waals surface area contributed by atoms with Gasteiger partial charge in [0.25, 0.3) is 0 Å². The largest absolute Gasteiger partial charge is 0.435 e. The fourth-order valence-corrected chi connectivity index (χ4v) is 2.99. The Balaban J connectivity index is 1.92. The summed E-state index contributed by atoms with van der Waals surface area (Å²) in [4.78, 5) is 12.2. The van der Waals surface area contributed by atoms with E-state index in [4.69, 9.17) is 0 Å². The highest BCUT2D eigenvalue weighted by atomic mass is 79.9. The Bertz CT molecular complexity index is 710. The summed E-state index contributed by atoms with van der Waals surface area (Å²) >= 11 is 3.46. The normalized spacial score (nSPS) is 13.2. The standard InChI is InChI=1S/C18H19BrF2N2O2/c1-11(13-7-9-14(10-8-13)25-17(20)21)22-18(24)23-12(2)15-5-3-4-6-16(15)19/h3-12,17H,1-2H3,(H2,22,23,24). The first-order valence-electron chi connectivity index (χ1n) is 7.73. The lowest BCUT2D eigenvalue weighted by Crippen LogP contribution is -2.38. The van der Waals surface area contributed by atoms with Crippen LogP contribution in [-0.4, -0.2) is 12.6 Å². The molecule has 0 saturated carbocycles. The number of alkyl halides is 2. The second kappa shape index (κ2) is 8.80. The highest BCUT2D eigenvalue weighted by molar-refractivity contribution is 9.10. The molecule has 4 nitrogen and oxygen atoms in total. The van der Waals surface area contributed by atoms with Crippen LogP contribution in [0.25, 0.3) is 0 Å². The Hall–Kier alpha value is -2.15. The summed E-state index contributed by atoms with van der Waals surface area (Å²) in [6.45, 7) is 0.845. The number of urea groups is 1. The molecule has 2 N–H and O–H groups in total. The quantitative estimate of drug-likeness (QED) is 0.687. The van der Waals surface area contributed by atoms with Gasteiger partial charge in [-0.1, -0.05) is 46.3 Å². The Morgan fingerprint density at radius 1 is 1.00 bits per heavy atom. The summed E-state index contributed by atoms with van der Waals surface area (Å²) in [5, 5.41) is 5.69. The van der Waals surface area contributed by atoms with E-state index in [2.05, 4.69) is 31.3 Å². The Morgan fingerprint density at radius 3 is 2.20 bits per heavy atom. The van der Waals surface area contributed by atoms with Crippen LogP contribution in [0.5, 0.6) is 5.75 Å². The lowest BCUT2D eigenvalue weighted by molar-refractivity contribution is -0.0498. The van der Waals surface area contributed by atoms with Crippen LogP contribution in [0.15, 0.2) is 53.0 Å². The van der Waals surface area contributed by atoms with E-state index < -0.39 is 6.61 Å². The molecule has 0 aliphatic heterocycles. The van der Waals surface area contributed by atoms with Gasteiger partial charge in [-0.25, -0.2) is 4.79 Å². The predicted molar refractivity (Wildman–Crippen MR) is 95.7 cm³/mol. The molecule has 2 aromatic rings. The lowest BCUT2D eigenvalue weighted by atomic mass is 10.1. The van der Waals surface area contributed by atoms with E-state index >= 15 is 0 Å². The van der Waals surface area contributed by atoms with Crippen molar-refractivity contribution in [2.75, 3.05) is 0 Å². The Kier molecular flexibility index (Phi) is 6.75. The van der Waals surface area contributed by atoms with Crippen molar-refractivity contribution in [3.05, 3.63) is 64.1 Å². The minimum atomic E-state index is -2.86. The molecule has 0 saturated heterocycles. The van der Waals surface area contributed by atoms with Crippen molar-refractivity contribution in [2.24, 2.45) is 0 Å². The molecule has 2 rings (SSSR count). The first-order chi connectivity index (χ1) is 11.9. The molecule has 0 radical (unpaired) electrons. The zero-order chi connectivity index (χ0) is 18.4. The average Bonchev–Trinajstić information content (AvgIpc) is 2.55. The molecule has 0 spiro atoms. The van der Waals surface area contributed by atoms with Gasteiger partial charge in [-0.05, 0) is 43.2 Å². The van der Waals surface area contributed by atoms with Crippen LogP contribution in [0.2, 0.25) is 0 Å². The van der Waals surface area contributed by atoms with Crippen LogP contribution < -0.4 is 15.4 Å². The van der Waals surface area contributed by atoms with Gasteiger partial charge in [-0.15, -0.1) is 0 Å². The molecule has 0 aromatic heterocycles. The third-order valence-corrected chi connectivity index (χ3v) is 4.39. The third-order valence-electron chi connectivity index (χ3n) is 3.67. The SMILES string of the molecule is CC(NC(=O)NC(C)c1ccccc1Br)c1ccc(OC(F)F)cc1. The van der Waals surface area contributed by atoms with Gasteiger partial charge < -0.3 is 15.4 Å². The molecule has 7 heteroatoms. The maximum Gasteiger partial charge on any atom is 0.387 e. The van der Waals surface area contributed by atoms with Crippen molar-refractivity contribution in [2.45, 2.75) is 32.5 Å². The van der Waals surface area contributed by atoms with Crippen LogP contribution in [-0.2, 0) is 0 Å². The zero-order valence-electron chi connectivity index (χ0n) is 13.8. The van der Waals surface area contributed by atoms with Crippen LogP contribution in [0.3, 0.4) is 0 Å². The Morgan fingerprint density at radius 2 is 1.60 bits per heavy atom. The van der Waals surface area contributed by atoms with Crippen LogP contribution in [0.4, 0.5) is 13.6 Å². The monoisotopic (exact) mass is 412 g/mol. The number of carbonyl (C=O) groups excluding carboxylic acids is 1.